The van der Waals surface area contributed by atoms with Crippen molar-refractivity contribution in [1.29, 1.82) is 0 Å². The minimum absolute atomic E-state index is 0.180. The molecule has 0 saturated heterocycles. The zero-order valence-corrected chi connectivity index (χ0v) is 9.91. The highest BCUT2D eigenvalue weighted by molar-refractivity contribution is 6.36. The molecule has 0 fully saturated rings. The average Bonchev–Trinajstić information content (AvgIpc) is 2.41. The van der Waals surface area contributed by atoms with Crippen LogP contribution >= 0.6 is 23.2 Å². The summed E-state index contributed by atoms with van der Waals surface area (Å²) in [5.41, 5.74) is 2.25. The first-order valence-electron chi connectivity index (χ1n) is 4.67. The quantitative estimate of drug-likeness (QED) is 0.650. The predicted molar refractivity (Wildman–Crippen MR) is 59.7 cm³/mol. The standard InChI is InChI=1S/C11H12Cl2O/c1-5-7(3)14-11-9(13)4-8(12)6(2)10(5)11/h4-5,7H,1-3H3/t5-,7-/m1/s1. The van der Waals surface area contributed by atoms with Crippen molar-refractivity contribution in [1.82, 2.24) is 0 Å². The van der Waals surface area contributed by atoms with Crippen molar-refractivity contribution >= 4 is 23.2 Å². The molecular formula is C11H12Cl2O. The third-order valence-corrected chi connectivity index (χ3v) is 3.61. The molecule has 1 aromatic carbocycles. The maximum Gasteiger partial charge on any atom is 0.142 e. The average molecular weight is 231 g/mol. The van der Waals surface area contributed by atoms with E-state index in [1.54, 1.807) is 6.07 Å². The molecule has 0 aliphatic carbocycles. The Morgan fingerprint density at radius 2 is 1.86 bits per heavy atom. The van der Waals surface area contributed by atoms with E-state index in [1.165, 1.54) is 0 Å². The summed E-state index contributed by atoms with van der Waals surface area (Å²) >= 11 is 12.1. The van der Waals surface area contributed by atoms with Crippen LogP contribution in [0.3, 0.4) is 0 Å². The monoisotopic (exact) mass is 230 g/mol. The van der Waals surface area contributed by atoms with E-state index < -0.39 is 0 Å². The molecule has 1 aromatic rings. The minimum atomic E-state index is 0.180. The molecular weight excluding hydrogens is 219 g/mol. The maximum atomic E-state index is 6.07. The Morgan fingerprint density at radius 1 is 1.21 bits per heavy atom. The molecule has 0 unspecified atom stereocenters. The van der Waals surface area contributed by atoms with Crippen LogP contribution in [0.5, 0.6) is 5.75 Å². The number of halogens is 2. The van der Waals surface area contributed by atoms with Gasteiger partial charge in [0.05, 0.1) is 5.02 Å². The number of fused-ring (bicyclic) bond motifs is 1. The van der Waals surface area contributed by atoms with Crippen LogP contribution in [0.25, 0.3) is 0 Å². The molecule has 0 amide bonds. The van der Waals surface area contributed by atoms with Gasteiger partial charge in [0, 0.05) is 16.5 Å². The fourth-order valence-electron chi connectivity index (χ4n) is 1.90. The molecule has 1 aliphatic heterocycles. The molecule has 0 saturated carbocycles. The first-order valence-corrected chi connectivity index (χ1v) is 5.43. The normalized spacial score (nSPS) is 24.6. The molecule has 0 N–H and O–H groups in total. The van der Waals surface area contributed by atoms with E-state index in [9.17, 15) is 0 Å². The molecule has 2 atom stereocenters. The molecule has 1 aliphatic rings. The van der Waals surface area contributed by atoms with Crippen molar-refractivity contribution in [3.05, 3.63) is 27.2 Å². The van der Waals surface area contributed by atoms with Gasteiger partial charge in [0.1, 0.15) is 11.9 Å². The Hall–Kier alpha value is -0.400. The van der Waals surface area contributed by atoms with Crippen molar-refractivity contribution in [3.63, 3.8) is 0 Å². The fourth-order valence-corrected chi connectivity index (χ4v) is 2.43. The molecule has 76 valence electrons. The van der Waals surface area contributed by atoms with Gasteiger partial charge in [0.15, 0.2) is 0 Å². The lowest BCUT2D eigenvalue weighted by Gasteiger charge is -2.09. The number of rotatable bonds is 0. The lowest BCUT2D eigenvalue weighted by molar-refractivity contribution is 0.232. The highest BCUT2D eigenvalue weighted by Gasteiger charge is 2.31. The number of ether oxygens (including phenoxy) is 1. The van der Waals surface area contributed by atoms with Crippen LogP contribution in [-0.4, -0.2) is 6.10 Å². The second-order valence-electron chi connectivity index (χ2n) is 3.82. The second kappa shape index (κ2) is 3.32. The van der Waals surface area contributed by atoms with Crippen LogP contribution in [0.2, 0.25) is 10.0 Å². The molecule has 3 heteroatoms. The zero-order valence-electron chi connectivity index (χ0n) is 8.40. The zero-order chi connectivity index (χ0) is 10.5. The van der Waals surface area contributed by atoms with E-state index in [-0.39, 0.29) is 6.10 Å². The number of hydrogen-bond donors (Lipinski definition) is 0. The van der Waals surface area contributed by atoms with Crippen LogP contribution in [-0.2, 0) is 0 Å². The Balaban J connectivity index is 2.67. The van der Waals surface area contributed by atoms with Crippen molar-refractivity contribution < 1.29 is 4.74 Å². The van der Waals surface area contributed by atoms with Crippen molar-refractivity contribution in [2.45, 2.75) is 32.8 Å². The van der Waals surface area contributed by atoms with Gasteiger partial charge >= 0.3 is 0 Å². The third kappa shape index (κ3) is 1.31. The van der Waals surface area contributed by atoms with Crippen LogP contribution in [0.4, 0.5) is 0 Å². The van der Waals surface area contributed by atoms with Gasteiger partial charge in [-0.3, -0.25) is 0 Å². The Labute approximate surface area is 94.0 Å². The van der Waals surface area contributed by atoms with Gasteiger partial charge in [-0.1, -0.05) is 30.1 Å². The van der Waals surface area contributed by atoms with Gasteiger partial charge in [-0.05, 0) is 25.5 Å². The Morgan fingerprint density at radius 3 is 2.50 bits per heavy atom. The van der Waals surface area contributed by atoms with Gasteiger partial charge in [-0.2, -0.15) is 0 Å². The topological polar surface area (TPSA) is 9.23 Å². The summed E-state index contributed by atoms with van der Waals surface area (Å²) < 4.78 is 5.70. The van der Waals surface area contributed by atoms with Crippen LogP contribution < -0.4 is 4.74 Å². The number of benzene rings is 1. The first-order chi connectivity index (χ1) is 6.52. The molecule has 0 spiro atoms. The van der Waals surface area contributed by atoms with Crippen molar-refractivity contribution in [2.24, 2.45) is 0 Å². The Kier molecular flexibility index (Phi) is 2.40. The van der Waals surface area contributed by atoms with Gasteiger partial charge in [0.2, 0.25) is 0 Å². The summed E-state index contributed by atoms with van der Waals surface area (Å²) in [4.78, 5) is 0. The predicted octanol–water partition coefficient (Wildman–Crippen LogP) is 4.19. The largest absolute Gasteiger partial charge is 0.488 e. The first kappa shape index (κ1) is 10.1. The van der Waals surface area contributed by atoms with E-state index in [0.717, 1.165) is 21.9 Å². The van der Waals surface area contributed by atoms with E-state index >= 15 is 0 Å². The van der Waals surface area contributed by atoms with Gasteiger partial charge < -0.3 is 4.74 Å². The second-order valence-corrected chi connectivity index (χ2v) is 4.63. The van der Waals surface area contributed by atoms with Crippen LogP contribution in [0.15, 0.2) is 6.07 Å². The number of hydrogen-bond acceptors (Lipinski definition) is 1. The molecule has 0 radical (unpaired) electrons. The smallest absolute Gasteiger partial charge is 0.142 e. The fraction of sp³-hybridized carbons (Fsp3) is 0.455. The van der Waals surface area contributed by atoms with Crippen LogP contribution in [0, 0.1) is 6.92 Å². The van der Waals surface area contributed by atoms with Crippen molar-refractivity contribution in [3.8, 4) is 5.75 Å². The van der Waals surface area contributed by atoms with Crippen LogP contribution in [0.1, 0.15) is 30.9 Å². The summed E-state index contributed by atoms with van der Waals surface area (Å²) in [5.74, 6) is 1.18. The van der Waals surface area contributed by atoms with E-state index in [2.05, 4.69) is 6.92 Å². The molecule has 0 aromatic heterocycles. The molecule has 1 heterocycles. The van der Waals surface area contributed by atoms with Crippen molar-refractivity contribution in [2.75, 3.05) is 0 Å². The van der Waals surface area contributed by atoms with Gasteiger partial charge in [-0.15, -0.1) is 0 Å². The summed E-state index contributed by atoms with van der Waals surface area (Å²) in [7, 11) is 0. The van der Waals surface area contributed by atoms with E-state index in [1.807, 2.05) is 13.8 Å². The molecule has 2 rings (SSSR count). The molecule has 14 heavy (non-hydrogen) atoms. The third-order valence-electron chi connectivity index (χ3n) is 2.94. The summed E-state index contributed by atoms with van der Waals surface area (Å²) in [6.45, 7) is 6.19. The highest BCUT2D eigenvalue weighted by atomic mass is 35.5. The maximum absolute atomic E-state index is 6.07. The van der Waals surface area contributed by atoms with E-state index in [0.29, 0.717) is 10.9 Å². The Bertz CT molecular complexity index is 387. The lowest BCUT2D eigenvalue weighted by Crippen LogP contribution is -2.10. The lowest BCUT2D eigenvalue weighted by atomic mass is 9.94. The summed E-state index contributed by atoms with van der Waals surface area (Å²) in [6.07, 6.45) is 0.180. The molecule has 0 bridgehead atoms. The molecule has 1 nitrogen and oxygen atoms in total. The van der Waals surface area contributed by atoms with E-state index in [4.69, 9.17) is 27.9 Å². The minimum Gasteiger partial charge on any atom is -0.488 e. The summed E-state index contributed by atoms with van der Waals surface area (Å²) in [6, 6.07) is 1.75. The van der Waals surface area contributed by atoms with Gasteiger partial charge in [0.25, 0.3) is 0 Å². The SMILES string of the molecule is Cc1c(Cl)cc(Cl)c2c1[C@H](C)[C@@H](C)O2. The van der Waals surface area contributed by atoms with Gasteiger partial charge in [-0.25, -0.2) is 0 Å². The highest BCUT2D eigenvalue weighted by Crippen LogP contribution is 2.46. The summed E-state index contributed by atoms with van der Waals surface area (Å²) in [5, 5.41) is 1.34.